The van der Waals surface area contributed by atoms with Crippen LogP contribution in [0.3, 0.4) is 0 Å². The molecule has 4 rings (SSSR count). The molecule has 2 aromatic rings. The summed E-state index contributed by atoms with van der Waals surface area (Å²) in [6.45, 7) is 1.65. The lowest BCUT2D eigenvalue weighted by molar-refractivity contribution is -0.130. The van der Waals surface area contributed by atoms with Crippen LogP contribution in [0.2, 0.25) is 0 Å². The summed E-state index contributed by atoms with van der Waals surface area (Å²) in [5.74, 6) is -0.00631. The number of amides is 2. The highest BCUT2D eigenvalue weighted by Gasteiger charge is 2.25. The maximum Gasteiger partial charge on any atom is 0.253 e. The second kappa shape index (κ2) is 6.88. The topological polar surface area (TPSA) is 61.4 Å². The van der Waals surface area contributed by atoms with Crippen LogP contribution in [0, 0.1) is 0 Å². The molecule has 0 radical (unpaired) electrons. The fourth-order valence-corrected chi connectivity index (χ4v) is 3.96. The summed E-state index contributed by atoms with van der Waals surface area (Å²) in [4.78, 5) is 28.1. The van der Waals surface area contributed by atoms with Gasteiger partial charge in [-0.15, -0.1) is 11.3 Å². The van der Waals surface area contributed by atoms with Gasteiger partial charge in [0, 0.05) is 29.7 Å². The zero-order valence-electron chi connectivity index (χ0n) is 14.0. The summed E-state index contributed by atoms with van der Waals surface area (Å²) in [7, 11) is 0. The van der Waals surface area contributed by atoms with Crippen molar-refractivity contribution in [3.05, 3.63) is 51.7 Å². The van der Waals surface area contributed by atoms with E-state index in [4.69, 9.17) is 0 Å². The lowest BCUT2D eigenvalue weighted by atomic mass is 10.1. The summed E-state index contributed by atoms with van der Waals surface area (Å²) in [6.07, 6.45) is 3.04. The first-order chi connectivity index (χ1) is 12.2. The maximum absolute atomic E-state index is 12.5. The summed E-state index contributed by atoms with van der Waals surface area (Å²) >= 11 is 1.77. The third kappa shape index (κ3) is 3.69. The fourth-order valence-electron chi connectivity index (χ4n) is 3.07. The van der Waals surface area contributed by atoms with Crippen molar-refractivity contribution in [2.45, 2.75) is 31.8 Å². The van der Waals surface area contributed by atoms with Crippen LogP contribution in [0.25, 0.3) is 0 Å². The molecule has 1 fully saturated rings. The molecule has 2 heterocycles. The van der Waals surface area contributed by atoms with Gasteiger partial charge < -0.3 is 15.5 Å². The van der Waals surface area contributed by atoms with Crippen LogP contribution in [-0.2, 0) is 17.8 Å². The van der Waals surface area contributed by atoms with Gasteiger partial charge in [-0.3, -0.25) is 9.59 Å². The molecule has 2 N–H and O–H groups in total. The highest BCUT2D eigenvalue weighted by molar-refractivity contribution is 7.10. The molecular weight excluding hydrogens is 334 g/mol. The average molecular weight is 355 g/mol. The van der Waals surface area contributed by atoms with E-state index in [0.717, 1.165) is 25.8 Å². The third-order valence-corrected chi connectivity index (χ3v) is 5.70. The Morgan fingerprint density at radius 3 is 2.88 bits per heavy atom. The van der Waals surface area contributed by atoms with Gasteiger partial charge in [0.2, 0.25) is 5.91 Å². The predicted molar refractivity (Wildman–Crippen MR) is 98.9 cm³/mol. The number of carbonyl (C=O) groups excluding carboxylic acids is 2. The number of carbonyl (C=O) groups is 2. The number of nitrogens with zero attached hydrogens (tertiary/aromatic N) is 1. The minimum absolute atomic E-state index is 0.0641. The van der Waals surface area contributed by atoms with E-state index in [9.17, 15) is 9.59 Å². The molecule has 1 saturated carbocycles. The number of thiophene rings is 1. The molecule has 0 unspecified atom stereocenters. The molecule has 130 valence electrons. The molecule has 5 nitrogen and oxygen atoms in total. The molecule has 1 aliphatic heterocycles. The van der Waals surface area contributed by atoms with Gasteiger partial charge in [-0.2, -0.15) is 0 Å². The van der Waals surface area contributed by atoms with Gasteiger partial charge in [-0.1, -0.05) is 12.1 Å². The summed E-state index contributed by atoms with van der Waals surface area (Å²) in [6, 6.07) is 9.78. The van der Waals surface area contributed by atoms with Crippen LogP contribution in [-0.4, -0.2) is 35.8 Å². The van der Waals surface area contributed by atoms with Crippen LogP contribution in [0.5, 0.6) is 0 Å². The summed E-state index contributed by atoms with van der Waals surface area (Å²) in [5, 5.41) is 8.24. The number of benzene rings is 1. The maximum atomic E-state index is 12.5. The zero-order valence-corrected chi connectivity index (χ0v) is 14.8. The first-order valence-corrected chi connectivity index (χ1v) is 9.55. The molecule has 6 heteroatoms. The van der Waals surface area contributed by atoms with Crippen molar-refractivity contribution in [1.82, 2.24) is 10.2 Å². The van der Waals surface area contributed by atoms with Crippen molar-refractivity contribution in [3.8, 4) is 0 Å². The van der Waals surface area contributed by atoms with Gasteiger partial charge in [-0.25, -0.2) is 0 Å². The number of anilines is 1. The van der Waals surface area contributed by atoms with Gasteiger partial charge in [-0.05, 0) is 48.4 Å². The molecule has 0 bridgehead atoms. The minimum atomic E-state index is -0.0704. The SMILES string of the molecule is O=C(NC1CC1)c1ccccc1NCC(=O)N1CCc2sccc2C1. The highest BCUT2D eigenvalue weighted by atomic mass is 32.1. The van der Waals surface area contributed by atoms with Crippen LogP contribution in [0.1, 0.15) is 33.6 Å². The van der Waals surface area contributed by atoms with Crippen molar-refractivity contribution < 1.29 is 9.59 Å². The standard InChI is InChI=1S/C19H21N3O2S/c23-18(22-9-7-17-13(12-22)8-10-25-17)11-20-16-4-2-1-3-15(16)19(24)21-14-5-6-14/h1-4,8,10,14,20H,5-7,9,11-12H2,(H,21,24). The van der Waals surface area contributed by atoms with Crippen molar-refractivity contribution >= 4 is 28.8 Å². The lowest BCUT2D eigenvalue weighted by Gasteiger charge is -2.27. The smallest absolute Gasteiger partial charge is 0.253 e. The van der Waals surface area contributed by atoms with Gasteiger partial charge in [0.15, 0.2) is 0 Å². The van der Waals surface area contributed by atoms with Gasteiger partial charge >= 0.3 is 0 Å². The Morgan fingerprint density at radius 2 is 2.04 bits per heavy atom. The van der Waals surface area contributed by atoms with E-state index in [2.05, 4.69) is 22.1 Å². The first kappa shape index (κ1) is 16.1. The average Bonchev–Trinajstić information content (AvgIpc) is 3.32. The van der Waals surface area contributed by atoms with Gasteiger partial charge in [0.1, 0.15) is 0 Å². The molecule has 0 saturated heterocycles. The third-order valence-electron chi connectivity index (χ3n) is 4.67. The van der Waals surface area contributed by atoms with E-state index in [-0.39, 0.29) is 18.4 Å². The molecule has 2 aliphatic rings. The van der Waals surface area contributed by atoms with E-state index in [0.29, 0.717) is 23.8 Å². The van der Waals surface area contributed by atoms with Crippen molar-refractivity contribution in [1.29, 1.82) is 0 Å². The second-order valence-corrected chi connectivity index (χ2v) is 7.58. The molecular formula is C19H21N3O2S. The van der Waals surface area contributed by atoms with Crippen LogP contribution < -0.4 is 10.6 Å². The molecule has 1 aromatic carbocycles. The number of nitrogens with one attached hydrogen (secondary N) is 2. The number of hydrogen-bond acceptors (Lipinski definition) is 4. The molecule has 2 amide bonds. The van der Waals surface area contributed by atoms with Crippen molar-refractivity contribution in [2.24, 2.45) is 0 Å². The van der Waals surface area contributed by atoms with Gasteiger partial charge in [0.05, 0.1) is 12.1 Å². The van der Waals surface area contributed by atoms with Crippen LogP contribution in [0.15, 0.2) is 35.7 Å². The number of rotatable bonds is 5. The summed E-state index contributed by atoms with van der Waals surface area (Å²) in [5.41, 5.74) is 2.57. The van der Waals surface area contributed by atoms with Crippen molar-refractivity contribution in [2.75, 3.05) is 18.4 Å². The molecule has 0 spiro atoms. The minimum Gasteiger partial charge on any atom is -0.376 e. The molecule has 0 atom stereocenters. The number of para-hydroxylation sites is 1. The lowest BCUT2D eigenvalue weighted by Crippen LogP contribution is -2.39. The highest BCUT2D eigenvalue weighted by Crippen LogP contribution is 2.24. The number of fused-ring (bicyclic) bond motifs is 1. The molecule has 25 heavy (non-hydrogen) atoms. The Bertz CT molecular complexity index is 797. The Hall–Kier alpha value is -2.34. The normalized spacial score (nSPS) is 16.2. The van der Waals surface area contributed by atoms with E-state index < -0.39 is 0 Å². The zero-order chi connectivity index (χ0) is 17.2. The van der Waals surface area contributed by atoms with Crippen LogP contribution >= 0.6 is 11.3 Å². The fraction of sp³-hybridized carbons (Fsp3) is 0.368. The Balaban J connectivity index is 1.38. The largest absolute Gasteiger partial charge is 0.376 e. The van der Waals surface area contributed by atoms with Crippen LogP contribution in [0.4, 0.5) is 5.69 Å². The van der Waals surface area contributed by atoms with E-state index in [1.165, 1.54) is 10.4 Å². The monoisotopic (exact) mass is 355 g/mol. The first-order valence-electron chi connectivity index (χ1n) is 8.67. The predicted octanol–water partition coefficient (Wildman–Crippen LogP) is 2.64. The number of hydrogen-bond donors (Lipinski definition) is 2. The van der Waals surface area contributed by atoms with Gasteiger partial charge in [0.25, 0.3) is 5.91 Å². The quantitative estimate of drug-likeness (QED) is 0.867. The summed E-state index contributed by atoms with van der Waals surface area (Å²) < 4.78 is 0. The van der Waals surface area contributed by atoms with E-state index in [1.807, 2.05) is 23.1 Å². The Labute approximate surface area is 151 Å². The second-order valence-electron chi connectivity index (χ2n) is 6.58. The van der Waals surface area contributed by atoms with E-state index in [1.54, 1.807) is 17.4 Å². The van der Waals surface area contributed by atoms with Crippen molar-refractivity contribution in [3.63, 3.8) is 0 Å². The molecule has 1 aliphatic carbocycles. The molecule has 1 aromatic heterocycles. The van der Waals surface area contributed by atoms with E-state index >= 15 is 0 Å². The Kier molecular flexibility index (Phi) is 4.44. The Morgan fingerprint density at radius 1 is 1.20 bits per heavy atom.